The van der Waals surface area contributed by atoms with Gasteiger partial charge in [0.05, 0.1) is 5.69 Å². The summed E-state index contributed by atoms with van der Waals surface area (Å²) in [6, 6.07) is 15.7. The van der Waals surface area contributed by atoms with Crippen molar-refractivity contribution in [1.82, 2.24) is 19.9 Å². The largest absolute Gasteiger partial charge is 0.255 e. The first kappa shape index (κ1) is 14.3. The van der Waals surface area contributed by atoms with Gasteiger partial charge in [-0.3, -0.25) is 10.1 Å². The predicted molar refractivity (Wildman–Crippen MR) is 88.5 cm³/mol. The number of hydrogen-bond acceptors (Lipinski definition) is 4. The van der Waals surface area contributed by atoms with Crippen LogP contribution in [0, 0.1) is 4.77 Å². The summed E-state index contributed by atoms with van der Waals surface area (Å²) in [5, 5.41) is 11.7. The Bertz CT molecular complexity index is 792. The van der Waals surface area contributed by atoms with Gasteiger partial charge in [-0.2, -0.15) is 14.9 Å². The van der Waals surface area contributed by atoms with E-state index in [2.05, 4.69) is 15.2 Å². The number of aryl methyl sites for hydroxylation is 1. The van der Waals surface area contributed by atoms with Crippen LogP contribution in [0.2, 0.25) is 0 Å². The Balaban J connectivity index is 2.20. The van der Waals surface area contributed by atoms with E-state index in [9.17, 15) is 0 Å². The third kappa shape index (κ3) is 2.87. The van der Waals surface area contributed by atoms with Crippen molar-refractivity contribution in [2.24, 2.45) is 5.10 Å². The van der Waals surface area contributed by atoms with Crippen LogP contribution in [0.1, 0.15) is 24.0 Å². The maximum atomic E-state index is 5.27. The summed E-state index contributed by atoms with van der Waals surface area (Å²) < 4.78 is 2.13. The second-order valence-electron chi connectivity index (χ2n) is 4.64. The topological polar surface area (TPSA) is 58.9 Å². The third-order valence-electron chi connectivity index (χ3n) is 3.19. The van der Waals surface area contributed by atoms with Crippen LogP contribution >= 0.6 is 12.2 Å². The number of benzene rings is 1. The van der Waals surface area contributed by atoms with Crippen molar-refractivity contribution in [1.29, 1.82) is 0 Å². The molecule has 0 saturated carbocycles. The Morgan fingerprint density at radius 3 is 2.64 bits per heavy atom. The molecule has 6 heteroatoms. The number of aromatic amines is 1. The molecular weight excluding hydrogens is 294 g/mol. The van der Waals surface area contributed by atoms with Gasteiger partial charge in [-0.15, -0.1) is 0 Å². The first-order chi connectivity index (χ1) is 10.8. The van der Waals surface area contributed by atoms with Gasteiger partial charge in [0.2, 0.25) is 4.77 Å². The minimum atomic E-state index is 0.473. The van der Waals surface area contributed by atoms with Gasteiger partial charge in [-0.05, 0) is 24.4 Å². The van der Waals surface area contributed by atoms with Gasteiger partial charge in [-0.1, -0.05) is 43.3 Å². The van der Waals surface area contributed by atoms with Crippen LogP contribution in [0.4, 0.5) is 0 Å². The number of pyridine rings is 1. The van der Waals surface area contributed by atoms with Gasteiger partial charge in [-0.25, -0.2) is 0 Å². The molecule has 1 aromatic carbocycles. The molecule has 0 fully saturated rings. The Labute approximate surface area is 133 Å². The summed E-state index contributed by atoms with van der Waals surface area (Å²) in [5.41, 5.74) is 2.53. The number of rotatable bonds is 4. The van der Waals surface area contributed by atoms with Crippen LogP contribution in [0.3, 0.4) is 0 Å². The summed E-state index contributed by atoms with van der Waals surface area (Å²) in [6.45, 7) is 2.01. The summed E-state index contributed by atoms with van der Waals surface area (Å²) >= 11 is 5.27. The number of aromatic nitrogens is 4. The highest BCUT2D eigenvalue weighted by atomic mass is 32.1. The van der Waals surface area contributed by atoms with Gasteiger partial charge in [0.25, 0.3) is 0 Å². The average Bonchev–Trinajstić information content (AvgIpc) is 2.94. The number of hydrogen-bond donors (Lipinski definition) is 1. The molecule has 0 spiro atoms. The monoisotopic (exact) mass is 309 g/mol. The Morgan fingerprint density at radius 1 is 1.18 bits per heavy atom. The van der Waals surface area contributed by atoms with Crippen LogP contribution in [-0.4, -0.2) is 25.6 Å². The van der Waals surface area contributed by atoms with E-state index in [1.54, 1.807) is 10.9 Å². The van der Waals surface area contributed by atoms with E-state index in [0.29, 0.717) is 4.77 Å². The van der Waals surface area contributed by atoms with Crippen molar-refractivity contribution in [2.75, 3.05) is 0 Å². The summed E-state index contributed by atoms with van der Waals surface area (Å²) in [7, 11) is 0. The quantitative estimate of drug-likeness (QED) is 0.595. The first-order valence-corrected chi connectivity index (χ1v) is 7.42. The summed E-state index contributed by atoms with van der Waals surface area (Å²) in [5.74, 6) is 0.786. The maximum absolute atomic E-state index is 5.27. The molecule has 2 heterocycles. The smallest absolute Gasteiger partial charge is 0.216 e. The van der Waals surface area contributed by atoms with E-state index in [0.717, 1.165) is 29.2 Å². The lowest BCUT2D eigenvalue weighted by molar-refractivity contribution is 0.776. The molecule has 0 aliphatic carbocycles. The Morgan fingerprint density at radius 2 is 1.95 bits per heavy atom. The molecule has 0 radical (unpaired) electrons. The molecule has 0 unspecified atom stereocenters. The first-order valence-electron chi connectivity index (χ1n) is 7.01. The molecule has 0 atom stereocenters. The molecule has 3 aromatic rings. The molecule has 0 bridgehead atoms. The van der Waals surface area contributed by atoms with Crippen LogP contribution in [-0.2, 0) is 6.42 Å². The van der Waals surface area contributed by atoms with Crippen LogP contribution in [0.5, 0.6) is 0 Å². The predicted octanol–water partition coefficient (Wildman–Crippen LogP) is 3.20. The molecule has 0 aliphatic heterocycles. The standard InChI is InChI=1S/C16H15N5S/c1-2-14-18-19-16(22)21(14)20-15(12-8-4-3-5-9-12)13-10-6-7-11-17-13/h3-11H,2H2,1H3,(H,19,22). The van der Waals surface area contributed by atoms with Crippen molar-refractivity contribution < 1.29 is 0 Å². The van der Waals surface area contributed by atoms with Gasteiger partial charge in [0.1, 0.15) is 5.71 Å². The summed E-state index contributed by atoms with van der Waals surface area (Å²) in [4.78, 5) is 4.41. The van der Waals surface area contributed by atoms with E-state index in [1.807, 2.05) is 55.5 Å². The van der Waals surface area contributed by atoms with Crippen molar-refractivity contribution in [3.05, 3.63) is 76.6 Å². The molecule has 22 heavy (non-hydrogen) atoms. The maximum Gasteiger partial charge on any atom is 0.216 e. The normalized spacial score (nSPS) is 11.6. The minimum Gasteiger partial charge on any atom is -0.255 e. The van der Waals surface area contributed by atoms with E-state index < -0.39 is 0 Å². The molecule has 2 aromatic heterocycles. The van der Waals surface area contributed by atoms with E-state index in [-0.39, 0.29) is 0 Å². The van der Waals surface area contributed by atoms with Gasteiger partial charge >= 0.3 is 0 Å². The van der Waals surface area contributed by atoms with E-state index in [4.69, 9.17) is 17.3 Å². The molecule has 5 nitrogen and oxygen atoms in total. The SMILES string of the molecule is CCc1n[nH]c(=S)n1N=C(c1ccccc1)c1ccccn1. The van der Waals surface area contributed by atoms with Crippen molar-refractivity contribution in [2.45, 2.75) is 13.3 Å². The molecule has 0 aliphatic rings. The highest BCUT2D eigenvalue weighted by Crippen LogP contribution is 2.10. The van der Waals surface area contributed by atoms with Crippen molar-refractivity contribution >= 4 is 17.9 Å². The number of nitrogens with one attached hydrogen (secondary N) is 1. The Kier molecular flexibility index (Phi) is 4.20. The summed E-state index contributed by atoms with van der Waals surface area (Å²) in [6.07, 6.45) is 2.49. The van der Waals surface area contributed by atoms with Crippen LogP contribution in [0.15, 0.2) is 59.8 Å². The lowest BCUT2D eigenvalue weighted by Gasteiger charge is -2.07. The van der Waals surface area contributed by atoms with Crippen LogP contribution in [0.25, 0.3) is 0 Å². The Hall–Kier alpha value is -2.60. The van der Waals surface area contributed by atoms with Gasteiger partial charge in [0.15, 0.2) is 5.82 Å². The fourth-order valence-electron chi connectivity index (χ4n) is 2.11. The van der Waals surface area contributed by atoms with E-state index in [1.165, 1.54) is 0 Å². The zero-order valence-electron chi connectivity index (χ0n) is 12.1. The fraction of sp³-hybridized carbons (Fsp3) is 0.125. The number of H-pyrrole nitrogens is 1. The van der Waals surface area contributed by atoms with Gasteiger partial charge < -0.3 is 0 Å². The highest BCUT2D eigenvalue weighted by Gasteiger charge is 2.10. The second-order valence-corrected chi connectivity index (χ2v) is 5.03. The molecule has 0 amide bonds. The van der Waals surface area contributed by atoms with Crippen LogP contribution < -0.4 is 0 Å². The average molecular weight is 309 g/mol. The fourth-order valence-corrected chi connectivity index (χ4v) is 2.30. The molecule has 3 rings (SSSR count). The third-order valence-corrected chi connectivity index (χ3v) is 3.45. The molecule has 1 N–H and O–H groups in total. The molecule has 0 saturated heterocycles. The lowest BCUT2D eigenvalue weighted by Crippen LogP contribution is -2.09. The van der Waals surface area contributed by atoms with E-state index >= 15 is 0 Å². The lowest BCUT2D eigenvalue weighted by atomic mass is 10.1. The van der Waals surface area contributed by atoms with Crippen molar-refractivity contribution in [3.8, 4) is 0 Å². The minimum absolute atomic E-state index is 0.473. The van der Waals surface area contributed by atoms with Gasteiger partial charge in [0, 0.05) is 18.2 Å². The highest BCUT2D eigenvalue weighted by molar-refractivity contribution is 7.71. The molecular formula is C16H15N5S. The molecule has 110 valence electrons. The second kappa shape index (κ2) is 6.44. The van der Waals surface area contributed by atoms with Crippen molar-refractivity contribution in [3.63, 3.8) is 0 Å². The zero-order valence-corrected chi connectivity index (χ0v) is 12.9. The number of nitrogens with zero attached hydrogens (tertiary/aromatic N) is 4. The zero-order chi connectivity index (χ0) is 15.4.